The van der Waals surface area contributed by atoms with E-state index in [9.17, 15) is 9.90 Å². The molecule has 3 heteroatoms. The Labute approximate surface area is 113 Å². The number of allylic oxidation sites excluding steroid dienone is 1. The van der Waals surface area contributed by atoms with Gasteiger partial charge in [-0.2, -0.15) is 0 Å². The van der Waals surface area contributed by atoms with Crippen molar-refractivity contribution in [3.63, 3.8) is 0 Å². The van der Waals surface area contributed by atoms with Crippen LogP contribution >= 0.6 is 0 Å². The van der Waals surface area contributed by atoms with E-state index >= 15 is 0 Å². The van der Waals surface area contributed by atoms with Gasteiger partial charge in [0.2, 0.25) is 0 Å². The number of carbonyl (C=O) groups is 1. The summed E-state index contributed by atoms with van der Waals surface area (Å²) in [6.07, 6.45) is 8.85. The molecule has 1 aliphatic rings. The van der Waals surface area contributed by atoms with Crippen LogP contribution in [0.5, 0.6) is 11.5 Å². The molecule has 0 saturated carbocycles. The Morgan fingerprint density at radius 2 is 2.00 bits per heavy atom. The van der Waals surface area contributed by atoms with Crippen LogP contribution in [0.3, 0.4) is 0 Å². The number of esters is 1. The van der Waals surface area contributed by atoms with Gasteiger partial charge in [-0.15, -0.1) is 0 Å². The minimum Gasteiger partial charge on any atom is -0.508 e. The predicted octanol–water partition coefficient (Wildman–Crippen LogP) is 4.06. The molecule has 0 fully saturated rings. The van der Waals surface area contributed by atoms with Crippen molar-refractivity contribution in [3.05, 3.63) is 29.8 Å². The fraction of sp³-hybridized carbons (Fsp3) is 0.438. The van der Waals surface area contributed by atoms with E-state index in [1.54, 1.807) is 12.1 Å². The van der Waals surface area contributed by atoms with Crippen molar-refractivity contribution in [1.82, 2.24) is 0 Å². The monoisotopic (exact) mass is 260 g/mol. The zero-order valence-electron chi connectivity index (χ0n) is 11.3. The van der Waals surface area contributed by atoms with Gasteiger partial charge in [-0.25, -0.2) is 4.79 Å². The van der Waals surface area contributed by atoms with Gasteiger partial charge in [0.25, 0.3) is 0 Å². The molecule has 1 heterocycles. The third kappa shape index (κ3) is 3.37. The topological polar surface area (TPSA) is 46.5 Å². The Kier molecular flexibility index (Phi) is 4.61. The van der Waals surface area contributed by atoms with Crippen molar-refractivity contribution in [2.75, 3.05) is 0 Å². The van der Waals surface area contributed by atoms with Crippen LogP contribution in [0.15, 0.2) is 24.3 Å². The highest BCUT2D eigenvalue weighted by atomic mass is 16.5. The first-order valence-corrected chi connectivity index (χ1v) is 6.98. The van der Waals surface area contributed by atoms with Crippen molar-refractivity contribution in [2.24, 2.45) is 0 Å². The predicted molar refractivity (Wildman–Crippen MR) is 75.1 cm³/mol. The second kappa shape index (κ2) is 6.41. The first-order valence-electron chi connectivity index (χ1n) is 6.98. The normalized spacial score (nSPS) is 15.6. The lowest BCUT2D eigenvalue weighted by atomic mass is 10.0. The number of ether oxygens (including phenoxy) is 1. The van der Waals surface area contributed by atoms with Crippen molar-refractivity contribution in [1.29, 1.82) is 0 Å². The van der Waals surface area contributed by atoms with E-state index in [2.05, 4.69) is 6.92 Å². The molecule has 0 spiro atoms. The van der Waals surface area contributed by atoms with E-state index in [4.69, 9.17) is 4.74 Å². The first kappa shape index (κ1) is 13.7. The number of aromatic hydroxyl groups is 1. The number of hydrogen-bond acceptors (Lipinski definition) is 3. The van der Waals surface area contributed by atoms with Crippen molar-refractivity contribution >= 4 is 11.5 Å². The molecule has 3 nitrogen and oxygen atoms in total. The maximum absolute atomic E-state index is 11.7. The van der Waals surface area contributed by atoms with E-state index in [1.807, 2.05) is 6.08 Å². The lowest BCUT2D eigenvalue weighted by Gasteiger charge is -1.99. The summed E-state index contributed by atoms with van der Waals surface area (Å²) in [7, 11) is 0. The van der Waals surface area contributed by atoms with Crippen LogP contribution in [-0.4, -0.2) is 11.1 Å². The van der Waals surface area contributed by atoms with E-state index in [0.29, 0.717) is 16.9 Å². The average molecular weight is 260 g/mol. The molecule has 2 rings (SSSR count). The van der Waals surface area contributed by atoms with Crippen LogP contribution in [0.25, 0.3) is 5.57 Å². The average Bonchev–Trinajstić information content (AvgIpc) is 2.69. The highest BCUT2D eigenvalue weighted by Gasteiger charge is 2.26. The molecule has 0 bridgehead atoms. The molecule has 0 saturated heterocycles. The molecule has 0 unspecified atom stereocenters. The highest BCUT2D eigenvalue weighted by Crippen LogP contribution is 2.36. The van der Waals surface area contributed by atoms with Gasteiger partial charge < -0.3 is 9.84 Å². The Bertz CT molecular complexity index is 489. The van der Waals surface area contributed by atoms with Crippen LogP contribution in [0.1, 0.15) is 51.0 Å². The molecule has 1 aromatic carbocycles. The summed E-state index contributed by atoms with van der Waals surface area (Å²) < 4.78 is 5.15. The van der Waals surface area contributed by atoms with Crippen LogP contribution in [0.4, 0.5) is 0 Å². The third-order valence-electron chi connectivity index (χ3n) is 3.33. The van der Waals surface area contributed by atoms with Crippen molar-refractivity contribution < 1.29 is 14.6 Å². The minimum absolute atomic E-state index is 0.158. The van der Waals surface area contributed by atoms with Gasteiger partial charge in [-0.1, -0.05) is 38.7 Å². The Morgan fingerprint density at radius 3 is 2.79 bits per heavy atom. The molecule has 0 aromatic heterocycles. The van der Waals surface area contributed by atoms with Gasteiger partial charge in [0.1, 0.15) is 11.5 Å². The Balaban J connectivity index is 1.97. The SMILES string of the molecule is CCCCCCC/C=C1\C(=O)Oc2ccc(O)cc21. The van der Waals surface area contributed by atoms with E-state index in [1.165, 1.54) is 31.7 Å². The first-order chi connectivity index (χ1) is 9.22. The van der Waals surface area contributed by atoms with Crippen LogP contribution in [0, 0.1) is 0 Å². The summed E-state index contributed by atoms with van der Waals surface area (Å²) >= 11 is 0. The number of hydrogen-bond donors (Lipinski definition) is 1. The largest absolute Gasteiger partial charge is 0.508 e. The molecule has 0 aliphatic carbocycles. The summed E-state index contributed by atoms with van der Waals surface area (Å²) in [5.41, 5.74) is 1.29. The maximum atomic E-state index is 11.7. The summed E-state index contributed by atoms with van der Waals surface area (Å²) in [4.78, 5) is 11.7. The third-order valence-corrected chi connectivity index (χ3v) is 3.33. The summed E-state index contributed by atoms with van der Waals surface area (Å²) in [6.45, 7) is 2.19. The molecule has 19 heavy (non-hydrogen) atoms. The molecule has 1 aromatic rings. The van der Waals surface area contributed by atoms with Gasteiger partial charge in [-0.3, -0.25) is 0 Å². The lowest BCUT2D eigenvalue weighted by molar-refractivity contribution is -0.127. The van der Waals surface area contributed by atoms with Crippen LogP contribution < -0.4 is 4.74 Å². The number of fused-ring (bicyclic) bond motifs is 1. The molecule has 0 atom stereocenters. The molecule has 1 N–H and O–H groups in total. The Morgan fingerprint density at radius 1 is 1.21 bits per heavy atom. The molecular weight excluding hydrogens is 240 g/mol. The maximum Gasteiger partial charge on any atom is 0.343 e. The quantitative estimate of drug-likeness (QED) is 0.363. The molecular formula is C16H20O3. The second-order valence-electron chi connectivity index (χ2n) is 4.89. The fourth-order valence-corrected chi connectivity index (χ4v) is 2.27. The molecule has 102 valence electrons. The van der Waals surface area contributed by atoms with E-state index in [-0.39, 0.29) is 11.7 Å². The van der Waals surface area contributed by atoms with Gasteiger partial charge >= 0.3 is 5.97 Å². The second-order valence-corrected chi connectivity index (χ2v) is 4.89. The molecule has 0 amide bonds. The summed E-state index contributed by atoms with van der Waals surface area (Å²) in [6, 6.07) is 4.74. The summed E-state index contributed by atoms with van der Waals surface area (Å²) in [5, 5.41) is 9.48. The summed E-state index contributed by atoms with van der Waals surface area (Å²) in [5.74, 6) is 0.389. The van der Waals surface area contributed by atoms with Gasteiger partial charge in [0.05, 0.1) is 5.57 Å². The van der Waals surface area contributed by atoms with Gasteiger partial charge in [-0.05, 0) is 31.0 Å². The highest BCUT2D eigenvalue weighted by molar-refractivity contribution is 6.21. The number of phenolic OH excluding ortho intramolecular Hbond substituents is 1. The minimum atomic E-state index is -0.311. The number of phenols is 1. The standard InChI is InChI=1S/C16H20O3/c1-2-3-4-5-6-7-8-13-14-11-12(17)9-10-15(14)19-16(13)18/h8-11,17H,2-7H2,1H3/b13-8-. The van der Waals surface area contributed by atoms with Crippen LogP contribution in [0.2, 0.25) is 0 Å². The van der Waals surface area contributed by atoms with Crippen LogP contribution in [-0.2, 0) is 4.79 Å². The Hall–Kier alpha value is -1.77. The molecule has 1 aliphatic heterocycles. The zero-order valence-corrected chi connectivity index (χ0v) is 11.3. The van der Waals surface area contributed by atoms with Gasteiger partial charge in [0, 0.05) is 5.56 Å². The number of rotatable bonds is 6. The zero-order chi connectivity index (χ0) is 13.7. The van der Waals surface area contributed by atoms with Crippen molar-refractivity contribution in [2.45, 2.75) is 45.4 Å². The van der Waals surface area contributed by atoms with Gasteiger partial charge in [0.15, 0.2) is 0 Å². The van der Waals surface area contributed by atoms with E-state index in [0.717, 1.165) is 12.8 Å². The van der Waals surface area contributed by atoms with E-state index < -0.39 is 0 Å². The lowest BCUT2D eigenvalue weighted by Crippen LogP contribution is -2.00. The number of unbranched alkanes of at least 4 members (excludes halogenated alkanes) is 5. The number of carbonyl (C=O) groups excluding carboxylic acids is 1. The fourth-order valence-electron chi connectivity index (χ4n) is 2.27. The molecule has 0 radical (unpaired) electrons. The number of benzene rings is 1. The van der Waals surface area contributed by atoms with Crippen molar-refractivity contribution in [3.8, 4) is 11.5 Å². The smallest absolute Gasteiger partial charge is 0.343 e.